The van der Waals surface area contributed by atoms with Gasteiger partial charge >= 0.3 is 0 Å². The van der Waals surface area contributed by atoms with Gasteiger partial charge in [-0.1, -0.05) is 0 Å². The molecule has 1 N–H and O–H groups in total. The third-order valence-corrected chi connectivity index (χ3v) is 2.52. The fourth-order valence-electron chi connectivity index (χ4n) is 1.06. The summed E-state index contributed by atoms with van der Waals surface area (Å²) in [7, 11) is 3.74. The van der Waals surface area contributed by atoms with Crippen molar-refractivity contribution in [1.82, 2.24) is 10.2 Å². The van der Waals surface area contributed by atoms with Crippen molar-refractivity contribution in [1.29, 1.82) is 0 Å². The second-order valence-electron chi connectivity index (χ2n) is 3.49. The van der Waals surface area contributed by atoms with Gasteiger partial charge in [0, 0.05) is 33.4 Å². The molecule has 0 saturated heterocycles. The fraction of sp³-hybridized carbons (Fsp3) is 0.889. The van der Waals surface area contributed by atoms with E-state index < -0.39 is 0 Å². The molecule has 0 bridgehead atoms. The lowest BCUT2D eigenvalue weighted by Gasteiger charge is -2.20. The summed E-state index contributed by atoms with van der Waals surface area (Å²) in [5.41, 5.74) is 0. The van der Waals surface area contributed by atoms with Gasteiger partial charge in [0.05, 0.1) is 0 Å². The summed E-state index contributed by atoms with van der Waals surface area (Å²) >= 11 is 5.22. The molecule has 0 spiro atoms. The summed E-state index contributed by atoms with van der Waals surface area (Å²) in [6.45, 7) is 1.77. The Bertz CT molecular complexity index is 171. The van der Waals surface area contributed by atoms with Gasteiger partial charge in [0.1, 0.15) is 0 Å². The second-order valence-corrected chi connectivity index (χ2v) is 3.88. The van der Waals surface area contributed by atoms with Gasteiger partial charge in [0.15, 0.2) is 5.11 Å². The Kier molecular flexibility index (Phi) is 4.45. The van der Waals surface area contributed by atoms with E-state index in [0.717, 1.165) is 24.7 Å². The lowest BCUT2D eigenvalue weighted by molar-refractivity contribution is 0.188. The Morgan fingerprint density at radius 1 is 1.62 bits per heavy atom. The number of thiocarbonyl (C=S) groups is 1. The summed E-state index contributed by atoms with van der Waals surface area (Å²) < 4.78 is 4.98. The van der Waals surface area contributed by atoms with E-state index in [2.05, 4.69) is 10.2 Å². The van der Waals surface area contributed by atoms with Gasteiger partial charge in [-0.15, -0.1) is 0 Å². The molecule has 0 unspecified atom stereocenters. The number of methoxy groups -OCH3 is 1. The van der Waals surface area contributed by atoms with E-state index in [1.807, 2.05) is 7.05 Å². The Balaban J connectivity index is 2.05. The molecule has 3 nitrogen and oxygen atoms in total. The lowest BCUT2D eigenvalue weighted by Crippen LogP contribution is -2.38. The number of nitrogens with zero attached hydrogens (tertiary/aromatic N) is 1. The maximum absolute atomic E-state index is 5.22. The highest BCUT2D eigenvalue weighted by atomic mass is 32.1. The molecule has 1 saturated carbocycles. The van der Waals surface area contributed by atoms with E-state index in [1.54, 1.807) is 7.11 Å². The smallest absolute Gasteiger partial charge is 0.168 e. The first-order chi connectivity index (χ1) is 6.24. The van der Waals surface area contributed by atoms with Crippen LogP contribution in [0.15, 0.2) is 0 Å². The highest BCUT2D eigenvalue weighted by Crippen LogP contribution is 2.18. The van der Waals surface area contributed by atoms with Crippen molar-refractivity contribution in [3.05, 3.63) is 0 Å². The molecule has 0 aromatic rings. The zero-order valence-electron chi connectivity index (χ0n) is 8.38. The molecule has 1 aliphatic rings. The molecule has 1 rings (SSSR count). The predicted octanol–water partition coefficient (Wildman–Crippen LogP) is 0.992. The van der Waals surface area contributed by atoms with E-state index in [1.165, 1.54) is 12.8 Å². The van der Waals surface area contributed by atoms with Gasteiger partial charge in [-0.2, -0.15) is 0 Å². The van der Waals surface area contributed by atoms with Crippen LogP contribution in [0.2, 0.25) is 0 Å². The standard InChI is InChI=1S/C9H18N2OS/c1-11(6-3-7-12-2)9(13)10-8-4-5-8/h8H,3-7H2,1-2H3,(H,10,13). The molecule has 76 valence electrons. The number of hydrogen-bond donors (Lipinski definition) is 1. The molecule has 0 radical (unpaired) electrons. The highest BCUT2D eigenvalue weighted by molar-refractivity contribution is 7.80. The average molecular weight is 202 g/mol. The quantitative estimate of drug-likeness (QED) is 0.531. The minimum absolute atomic E-state index is 0.650. The first kappa shape index (κ1) is 10.7. The van der Waals surface area contributed by atoms with E-state index in [0.29, 0.717) is 6.04 Å². The van der Waals surface area contributed by atoms with Gasteiger partial charge in [-0.25, -0.2) is 0 Å². The van der Waals surface area contributed by atoms with Crippen molar-refractivity contribution >= 4 is 17.3 Å². The first-order valence-electron chi connectivity index (χ1n) is 4.74. The summed E-state index contributed by atoms with van der Waals surface area (Å²) in [5.74, 6) is 0. The van der Waals surface area contributed by atoms with E-state index >= 15 is 0 Å². The summed E-state index contributed by atoms with van der Waals surface area (Å²) in [6.07, 6.45) is 3.57. The molecular weight excluding hydrogens is 184 g/mol. The number of rotatable bonds is 5. The number of hydrogen-bond acceptors (Lipinski definition) is 2. The van der Waals surface area contributed by atoms with Crippen LogP contribution < -0.4 is 5.32 Å². The number of nitrogens with one attached hydrogen (secondary N) is 1. The van der Waals surface area contributed by atoms with Crippen LogP contribution in [-0.4, -0.2) is 43.4 Å². The second kappa shape index (κ2) is 5.40. The van der Waals surface area contributed by atoms with Gasteiger partial charge < -0.3 is 15.0 Å². The summed E-state index contributed by atoms with van der Waals surface area (Å²) in [4.78, 5) is 2.08. The van der Waals surface area contributed by atoms with Crippen molar-refractivity contribution in [3.8, 4) is 0 Å². The van der Waals surface area contributed by atoms with Crippen LogP contribution in [0.5, 0.6) is 0 Å². The van der Waals surface area contributed by atoms with E-state index in [9.17, 15) is 0 Å². The predicted molar refractivity (Wildman–Crippen MR) is 57.9 cm³/mol. The Labute approximate surface area is 85.4 Å². The van der Waals surface area contributed by atoms with Crippen LogP contribution >= 0.6 is 12.2 Å². The average Bonchev–Trinajstić information content (AvgIpc) is 2.88. The Hall–Kier alpha value is -0.350. The monoisotopic (exact) mass is 202 g/mol. The number of ether oxygens (including phenoxy) is 1. The zero-order valence-corrected chi connectivity index (χ0v) is 9.19. The van der Waals surface area contributed by atoms with Gasteiger partial charge in [0.25, 0.3) is 0 Å². The minimum atomic E-state index is 0.650. The van der Waals surface area contributed by atoms with Crippen LogP contribution in [0.25, 0.3) is 0 Å². The molecule has 1 fully saturated rings. The maximum Gasteiger partial charge on any atom is 0.168 e. The molecule has 0 aromatic carbocycles. The third kappa shape index (κ3) is 4.43. The topological polar surface area (TPSA) is 24.5 Å². The van der Waals surface area contributed by atoms with Crippen LogP contribution in [0.4, 0.5) is 0 Å². The molecular formula is C9H18N2OS. The van der Waals surface area contributed by atoms with Crippen molar-refractivity contribution in [2.24, 2.45) is 0 Å². The fourth-order valence-corrected chi connectivity index (χ4v) is 1.32. The minimum Gasteiger partial charge on any atom is -0.385 e. The van der Waals surface area contributed by atoms with E-state index in [-0.39, 0.29) is 0 Å². The van der Waals surface area contributed by atoms with Crippen molar-refractivity contribution in [2.75, 3.05) is 27.3 Å². The molecule has 0 aliphatic heterocycles. The van der Waals surface area contributed by atoms with Crippen LogP contribution in [0.3, 0.4) is 0 Å². The van der Waals surface area contributed by atoms with Crippen molar-refractivity contribution < 1.29 is 4.74 Å². The third-order valence-electron chi connectivity index (χ3n) is 2.09. The summed E-state index contributed by atoms with van der Waals surface area (Å²) in [6, 6.07) is 0.650. The van der Waals surface area contributed by atoms with Gasteiger partial charge in [-0.3, -0.25) is 0 Å². The van der Waals surface area contributed by atoms with Crippen LogP contribution in [0.1, 0.15) is 19.3 Å². The zero-order chi connectivity index (χ0) is 9.68. The van der Waals surface area contributed by atoms with Gasteiger partial charge in [0.2, 0.25) is 0 Å². The molecule has 4 heteroatoms. The van der Waals surface area contributed by atoms with Crippen LogP contribution in [0, 0.1) is 0 Å². The van der Waals surface area contributed by atoms with Gasteiger partial charge in [-0.05, 0) is 31.5 Å². The molecule has 0 amide bonds. The Morgan fingerprint density at radius 2 is 2.31 bits per heavy atom. The normalized spacial score (nSPS) is 15.5. The first-order valence-corrected chi connectivity index (χ1v) is 5.15. The SMILES string of the molecule is COCCCN(C)C(=S)NC1CC1. The molecule has 0 atom stereocenters. The molecule has 0 aromatic heterocycles. The largest absolute Gasteiger partial charge is 0.385 e. The summed E-state index contributed by atoms with van der Waals surface area (Å²) in [5, 5.41) is 4.17. The van der Waals surface area contributed by atoms with Crippen molar-refractivity contribution in [3.63, 3.8) is 0 Å². The molecule has 13 heavy (non-hydrogen) atoms. The van der Waals surface area contributed by atoms with Crippen LogP contribution in [-0.2, 0) is 4.74 Å². The Morgan fingerprint density at radius 3 is 2.85 bits per heavy atom. The molecule has 1 aliphatic carbocycles. The highest BCUT2D eigenvalue weighted by Gasteiger charge is 2.22. The molecule has 0 heterocycles. The van der Waals surface area contributed by atoms with Crippen molar-refractivity contribution in [2.45, 2.75) is 25.3 Å². The maximum atomic E-state index is 5.22. The van der Waals surface area contributed by atoms with E-state index in [4.69, 9.17) is 17.0 Å². The lowest BCUT2D eigenvalue weighted by atomic mass is 10.4.